The molecule has 1 aliphatic carbocycles. The van der Waals surface area contributed by atoms with E-state index >= 15 is 0 Å². The Balaban J connectivity index is 0.00000193. The van der Waals surface area contributed by atoms with Crippen molar-refractivity contribution in [2.75, 3.05) is 0 Å². The standard InChI is InChI=1S/C30H31.3ClH.Ti/c1-20-11-21(2)15-27(14-20)30(26-9-7-8-10-26,28-16-22(3)12-23(4)17-28)29-18-24(5)13-25(6)19-29;;;;/h7-8,11-19H,9H2,1-6H3;3*1H;/q;;;;+3/p-3. The van der Waals surface area contributed by atoms with E-state index in [1.807, 2.05) is 0 Å². The zero-order valence-corrected chi connectivity index (χ0v) is 24.5. The molecule has 0 amide bonds. The number of rotatable bonds is 4. The Morgan fingerprint density at radius 1 is 0.529 bits per heavy atom. The molecule has 0 radical (unpaired) electrons. The van der Waals surface area contributed by atoms with Gasteiger partial charge in [0.05, 0.1) is 0 Å². The molecule has 0 saturated carbocycles. The fourth-order valence-electron chi connectivity index (χ4n) is 5.46. The van der Waals surface area contributed by atoms with Crippen LogP contribution in [0.2, 0.25) is 0 Å². The number of hydrogen-bond acceptors (Lipinski definition) is 0. The van der Waals surface area contributed by atoms with Crippen LogP contribution in [0.3, 0.4) is 0 Å². The summed E-state index contributed by atoms with van der Waals surface area (Å²) in [6.45, 7) is 13.3. The monoisotopic (exact) mass is 544 g/mol. The summed E-state index contributed by atoms with van der Waals surface area (Å²) < 4.78 is 1.39. The number of benzene rings is 3. The Bertz CT molecular complexity index is 1050. The van der Waals surface area contributed by atoms with E-state index in [0.717, 1.165) is 6.42 Å². The molecule has 0 unspecified atom stereocenters. The van der Waals surface area contributed by atoms with Gasteiger partial charge in [-0.05, 0) is 0 Å². The molecular formula is C30H31Cl3Ti. The summed E-state index contributed by atoms with van der Waals surface area (Å²) in [7, 11) is 0. The van der Waals surface area contributed by atoms with E-state index in [-0.39, 0.29) is 42.6 Å². The normalized spacial score (nSPS) is 12.7. The maximum atomic E-state index is 2.40. The molecule has 3 aromatic carbocycles. The molecule has 34 heavy (non-hydrogen) atoms. The van der Waals surface area contributed by atoms with Crippen LogP contribution in [0.5, 0.6) is 0 Å². The Hall–Kier alpha value is -1.28. The molecule has 4 heteroatoms. The van der Waals surface area contributed by atoms with Gasteiger partial charge in [0.1, 0.15) is 0 Å². The third-order valence-electron chi connectivity index (χ3n) is 6.35. The smallest absolute Gasteiger partial charge is 1.00 e. The average Bonchev–Trinajstić information content (AvgIpc) is 3.06. The predicted octanol–water partition coefficient (Wildman–Crippen LogP) is -1.36. The molecule has 0 heterocycles. The quantitative estimate of drug-likeness (QED) is 0.281. The number of aryl methyl sites for hydroxylation is 6. The Labute approximate surface area is 236 Å². The van der Waals surface area contributed by atoms with Crippen LogP contribution in [0.4, 0.5) is 0 Å². The first-order valence-corrected chi connectivity index (χ1v) is 11.9. The van der Waals surface area contributed by atoms with E-state index in [2.05, 4.69) is 129 Å². The van der Waals surface area contributed by atoms with Crippen molar-refractivity contribution in [2.45, 2.75) is 53.4 Å². The minimum atomic E-state index is -0.308. The molecule has 0 aromatic heterocycles. The van der Waals surface area contributed by atoms with Crippen LogP contribution in [-0.4, -0.2) is 0 Å². The van der Waals surface area contributed by atoms with Gasteiger partial charge in [0.25, 0.3) is 0 Å². The minimum absolute atomic E-state index is 0. The second kappa shape index (κ2) is 12.1. The summed E-state index contributed by atoms with van der Waals surface area (Å²) >= 11 is 2.28. The van der Waals surface area contributed by atoms with Gasteiger partial charge in [-0.3, -0.25) is 0 Å². The maximum absolute atomic E-state index is 2.40. The van der Waals surface area contributed by atoms with Crippen molar-refractivity contribution in [3.8, 4) is 0 Å². The summed E-state index contributed by atoms with van der Waals surface area (Å²) in [5, 5.41) is 0. The summed E-state index contributed by atoms with van der Waals surface area (Å²) in [6, 6.07) is 21.3. The van der Waals surface area contributed by atoms with Crippen LogP contribution in [0.15, 0.2) is 76.2 Å². The molecule has 0 saturated heterocycles. The third-order valence-corrected chi connectivity index (χ3v) is 7.08. The minimum Gasteiger partial charge on any atom is -1.00 e. The molecule has 176 valence electrons. The second-order valence-electron chi connectivity index (χ2n) is 9.38. The van der Waals surface area contributed by atoms with E-state index in [9.17, 15) is 0 Å². The van der Waals surface area contributed by atoms with E-state index in [4.69, 9.17) is 0 Å². The maximum Gasteiger partial charge on any atom is -1.00 e. The van der Waals surface area contributed by atoms with Crippen LogP contribution in [-0.2, 0) is 25.9 Å². The van der Waals surface area contributed by atoms with Crippen molar-refractivity contribution in [1.29, 1.82) is 0 Å². The molecule has 0 bridgehead atoms. The number of allylic oxidation sites excluding steroid dienone is 4. The Morgan fingerprint density at radius 3 is 1.06 bits per heavy atom. The third kappa shape index (κ3) is 5.75. The summed E-state index contributed by atoms with van der Waals surface area (Å²) in [5.74, 6) is 0. The van der Waals surface area contributed by atoms with E-state index in [1.165, 1.54) is 59.5 Å². The van der Waals surface area contributed by atoms with Gasteiger partial charge in [-0.25, -0.2) is 0 Å². The van der Waals surface area contributed by atoms with Gasteiger partial charge < -0.3 is 37.2 Å². The van der Waals surface area contributed by atoms with Crippen molar-refractivity contribution in [3.63, 3.8) is 0 Å². The van der Waals surface area contributed by atoms with Gasteiger partial charge in [-0.2, -0.15) is 0 Å². The molecule has 3 aromatic rings. The largest absolute Gasteiger partial charge is 1.00 e. The van der Waals surface area contributed by atoms with Gasteiger partial charge in [0.15, 0.2) is 0 Å². The molecule has 0 spiro atoms. The molecule has 4 rings (SSSR count). The van der Waals surface area contributed by atoms with Crippen molar-refractivity contribution in [2.24, 2.45) is 0 Å². The van der Waals surface area contributed by atoms with Crippen LogP contribution < -0.4 is 37.2 Å². The van der Waals surface area contributed by atoms with Gasteiger partial charge in [0, 0.05) is 0 Å². The number of halogens is 3. The van der Waals surface area contributed by atoms with Crippen LogP contribution in [0.1, 0.15) is 56.5 Å². The summed E-state index contributed by atoms with van der Waals surface area (Å²) in [5.41, 5.74) is 13.2. The fraction of sp³-hybridized carbons (Fsp3) is 0.267. The average molecular weight is 546 g/mol. The fourth-order valence-corrected chi connectivity index (χ4v) is 6.09. The van der Waals surface area contributed by atoms with Crippen LogP contribution in [0, 0.1) is 41.5 Å². The van der Waals surface area contributed by atoms with Gasteiger partial charge in [-0.15, -0.1) is 0 Å². The Kier molecular flexibility index (Phi) is 11.0. The molecule has 0 nitrogen and oxygen atoms in total. The van der Waals surface area contributed by atoms with Gasteiger partial charge >= 0.3 is 200 Å². The first-order chi connectivity index (χ1) is 14.7. The topological polar surface area (TPSA) is 0 Å². The predicted molar refractivity (Wildman–Crippen MR) is 128 cm³/mol. The van der Waals surface area contributed by atoms with Crippen LogP contribution in [0.25, 0.3) is 0 Å². The van der Waals surface area contributed by atoms with E-state index in [0.29, 0.717) is 0 Å². The molecular weight excluding hydrogens is 515 g/mol. The van der Waals surface area contributed by atoms with E-state index in [1.54, 1.807) is 0 Å². The van der Waals surface area contributed by atoms with Gasteiger partial charge in [0.2, 0.25) is 0 Å². The molecule has 0 N–H and O–H groups in total. The van der Waals surface area contributed by atoms with Crippen LogP contribution >= 0.6 is 0 Å². The molecule has 0 fully saturated rings. The molecule has 0 atom stereocenters. The second-order valence-corrected chi connectivity index (χ2v) is 10.2. The summed E-state index contributed by atoms with van der Waals surface area (Å²) in [4.78, 5) is 0. The van der Waals surface area contributed by atoms with Crippen molar-refractivity contribution < 1.29 is 57.7 Å². The van der Waals surface area contributed by atoms with E-state index < -0.39 is 0 Å². The zero-order valence-electron chi connectivity index (χ0n) is 20.7. The number of hydrogen-bond donors (Lipinski definition) is 0. The van der Waals surface area contributed by atoms with Crippen molar-refractivity contribution in [1.82, 2.24) is 0 Å². The Morgan fingerprint density at radius 2 is 0.824 bits per heavy atom. The van der Waals surface area contributed by atoms with Crippen molar-refractivity contribution in [3.05, 3.63) is 126 Å². The zero-order chi connectivity index (χ0) is 22.3. The van der Waals surface area contributed by atoms with Gasteiger partial charge in [-0.1, -0.05) is 0 Å². The first kappa shape index (κ1) is 30.8. The summed E-state index contributed by atoms with van der Waals surface area (Å²) in [6.07, 6.45) is 5.62. The first-order valence-electron chi connectivity index (χ1n) is 11.1. The SMILES string of the molecule is Cc1cc(C)cc(C(C2=[C]([Ti+3])C=CC2)(c2cc(C)cc(C)c2)c2cc(C)cc(C)c2)c1.[Cl-].[Cl-].[Cl-]. The molecule has 1 aliphatic rings. The van der Waals surface area contributed by atoms with Crippen molar-refractivity contribution >= 4 is 0 Å². The molecule has 0 aliphatic heterocycles.